The van der Waals surface area contributed by atoms with Crippen molar-refractivity contribution in [3.63, 3.8) is 0 Å². The largest absolute Gasteiger partial charge is 0.492 e. The van der Waals surface area contributed by atoms with Crippen LogP contribution in [0, 0.1) is 0 Å². The Morgan fingerprint density at radius 2 is 2.11 bits per heavy atom. The number of benzene rings is 1. The first kappa shape index (κ1) is 12.0. The van der Waals surface area contributed by atoms with Crippen molar-refractivity contribution in [2.45, 2.75) is 24.8 Å². The number of hydrogen-bond acceptors (Lipinski definition) is 3. The second kappa shape index (κ2) is 4.57. The van der Waals surface area contributed by atoms with Crippen molar-refractivity contribution in [2.75, 3.05) is 13.2 Å². The highest BCUT2D eigenvalue weighted by Gasteiger charge is 2.40. The number of likely N-dealkylation sites (tertiary alicyclic amines) is 1. The molecule has 1 aromatic rings. The fourth-order valence-corrected chi connectivity index (χ4v) is 2.85. The lowest BCUT2D eigenvalue weighted by molar-refractivity contribution is -0.148. The fourth-order valence-electron chi connectivity index (χ4n) is 2.85. The Kier molecular flexibility index (Phi) is 2.89. The van der Waals surface area contributed by atoms with Crippen LogP contribution in [0.15, 0.2) is 24.3 Å². The SMILES string of the molecule is O=C(O)[C@H]1CCCN1C(=O)[C@@H]1COc2ccccc21. The van der Waals surface area contributed by atoms with Crippen molar-refractivity contribution in [1.29, 1.82) is 0 Å². The Morgan fingerprint density at radius 3 is 2.89 bits per heavy atom. The number of nitrogens with zero attached hydrogens (tertiary/aromatic N) is 1. The van der Waals surface area contributed by atoms with Crippen molar-refractivity contribution < 1.29 is 19.4 Å². The van der Waals surface area contributed by atoms with E-state index >= 15 is 0 Å². The van der Waals surface area contributed by atoms with Crippen molar-refractivity contribution in [3.05, 3.63) is 29.8 Å². The summed E-state index contributed by atoms with van der Waals surface area (Å²) in [5.41, 5.74) is 0.864. The molecule has 1 fully saturated rings. The molecule has 5 heteroatoms. The summed E-state index contributed by atoms with van der Waals surface area (Å²) >= 11 is 0. The fraction of sp³-hybridized carbons (Fsp3) is 0.429. The first-order valence-electron chi connectivity index (χ1n) is 6.43. The van der Waals surface area contributed by atoms with E-state index in [9.17, 15) is 9.59 Å². The minimum atomic E-state index is -0.918. The van der Waals surface area contributed by atoms with E-state index in [0.717, 1.165) is 17.7 Å². The average Bonchev–Trinajstić information content (AvgIpc) is 3.05. The van der Waals surface area contributed by atoms with Crippen LogP contribution in [0.25, 0.3) is 0 Å². The second-order valence-corrected chi connectivity index (χ2v) is 4.93. The highest BCUT2D eigenvalue weighted by atomic mass is 16.5. The Balaban J connectivity index is 1.84. The maximum Gasteiger partial charge on any atom is 0.326 e. The molecule has 19 heavy (non-hydrogen) atoms. The average molecular weight is 261 g/mol. The molecule has 1 amide bonds. The van der Waals surface area contributed by atoms with Crippen LogP contribution in [0.4, 0.5) is 0 Å². The lowest BCUT2D eigenvalue weighted by Crippen LogP contribution is -2.43. The van der Waals surface area contributed by atoms with Gasteiger partial charge in [0.25, 0.3) is 0 Å². The molecule has 5 nitrogen and oxygen atoms in total. The monoisotopic (exact) mass is 261 g/mol. The van der Waals surface area contributed by atoms with Crippen LogP contribution in [0.2, 0.25) is 0 Å². The number of fused-ring (bicyclic) bond motifs is 1. The van der Waals surface area contributed by atoms with Crippen molar-refractivity contribution >= 4 is 11.9 Å². The molecule has 1 aromatic carbocycles. The molecule has 2 atom stereocenters. The van der Waals surface area contributed by atoms with Gasteiger partial charge in [-0.15, -0.1) is 0 Å². The summed E-state index contributed by atoms with van der Waals surface area (Å²) < 4.78 is 5.49. The first-order chi connectivity index (χ1) is 9.18. The molecule has 2 aliphatic heterocycles. The third-order valence-corrected chi connectivity index (χ3v) is 3.82. The van der Waals surface area contributed by atoms with E-state index in [1.807, 2.05) is 24.3 Å². The van der Waals surface area contributed by atoms with E-state index in [1.165, 1.54) is 4.90 Å². The molecule has 1 N–H and O–H groups in total. The van der Waals surface area contributed by atoms with E-state index < -0.39 is 12.0 Å². The molecule has 1 saturated heterocycles. The van der Waals surface area contributed by atoms with Gasteiger partial charge in [-0.1, -0.05) is 18.2 Å². The van der Waals surface area contributed by atoms with Gasteiger partial charge in [0.1, 0.15) is 24.3 Å². The van der Waals surface area contributed by atoms with Crippen molar-refractivity contribution in [1.82, 2.24) is 4.90 Å². The smallest absolute Gasteiger partial charge is 0.326 e. The third kappa shape index (κ3) is 1.95. The zero-order valence-electron chi connectivity index (χ0n) is 10.4. The molecule has 0 saturated carbocycles. The summed E-state index contributed by atoms with van der Waals surface area (Å²) in [7, 11) is 0. The number of hydrogen-bond donors (Lipinski definition) is 1. The summed E-state index contributed by atoms with van der Waals surface area (Å²) in [6.45, 7) is 0.829. The van der Waals surface area contributed by atoms with Crippen LogP contribution >= 0.6 is 0 Å². The van der Waals surface area contributed by atoms with Crippen LogP contribution in [0.1, 0.15) is 24.3 Å². The van der Waals surface area contributed by atoms with Gasteiger partial charge in [-0.05, 0) is 18.9 Å². The zero-order valence-corrected chi connectivity index (χ0v) is 10.4. The lowest BCUT2D eigenvalue weighted by atomic mass is 9.99. The van der Waals surface area contributed by atoms with E-state index in [2.05, 4.69) is 0 Å². The molecule has 3 rings (SSSR count). The molecular weight excluding hydrogens is 246 g/mol. The van der Waals surface area contributed by atoms with Gasteiger partial charge in [0.05, 0.1) is 0 Å². The highest BCUT2D eigenvalue weighted by molar-refractivity contribution is 5.89. The predicted molar refractivity (Wildman–Crippen MR) is 67.0 cm³/mol. The molecule has 0 aromatic heterocycles. The lowest BCUT2D eigenvalue weighted by Gasteiger charge is -2.24. The van der Waals surface area contributed by atoms with Gasteiger partial charge in [0.2, 0.25) is 5.91 Å². The van der Waals surface area contributed by atoms with Crippen LogP contribution < -0.4 is 4.74 Å². The number of aliphatic carboxylic acids is 1. The number of carbonyl (C=O) groups is 2. The van der Waals surface area contributed by atoms with Gasteiger partial charge >= 0.3 is 5.97 Å². The maximum atomic E-state index is 12.5. The first-order valence-corrected chi connectivity index (χ1v) is 6.43. The van der Waals surface area contributed by atoms with E-state index in [0.29, 0.717) is 19.6 Å². The van der Waals surface area contributed by atoms with Gasteiger partial charge in [-0.2, -0.15) is 0 Å². The standard InChI is InChI=1S/C14H15NO4/c16-13(15-7-3-5-11(15)14(17)18)10-8-19-12-6-2-1-4-9(10)12/h1-2,4,6,10-11H,3,5,7-8H2,(H,17,18)/t10-,11-/m1/s1. The van der Waals surface area contributed by atoms with Crippen molar-refractivity contribution in [2.24, 2.45) is 0 Å². The maximum absolute atomic E-state index is 12.5. The number of carboxylic acids is 1. The number of rotatable bonds is 2. The summed E-state index contributed by atoms with van der Waals surface area (Å²) in [5.74, 6) is -0.684. The quantitative estimate of drug-likeness (QED) is 0.869. The molecule has 0 radical (unpaired) electrons. The summed E-state index contributed by atoms with van der Waals surface area (Å²) in [6, 6.07) is 6.76. The van der Waals surface area contributed by atoms with Gasteiger partial charge in [0.15, 0.2) is 0 Å². The molecule has 0 bridgehead atoms. The molecule has 100 valence electrons. The molecular formula is C14H15NO4. The normalized spacial score (nSPS) is 24.9. The molecule has 0 aliphatic carbocycles. The summed E-state index contributed by atoms with van der Waals surface area (Å²) in [6.07, 6.45) is 1.29. The van der Waals surface area contributed by atoms with E-state index in [-0.39, 0.29) is 11.8 Å². The Hall–Kier alpha value is -2.04. The molecule has 2 aliphatic rings. The minimum absolute atomic E-state index is 0.130. The van der Waals surface area contributed by atoms with E-state index in [4.69, 9.17) is 9.84 Å². The summed E-state index contributed by atoms with van der Waals surface area (Å²) in [5, 5.41) is 9.15. The number of para-hydroxylation sites is 1. The van der Waals surface area contributed by atoms with Gasteiger partial charge < -0.3 is 14.7 Å². The topological polar surface area (TPSA) is 66.8 Å². The van der Waals surface area contributed by atoms with Crippen LogP contribution in [-0.2, 0) is 9.59 Å². The number of ether oxygens (including phenoxy) is 1. The minimum Gasteiger partial charge on any atom is -0.492 e. The highest BCUT2D eigenvalue weighted by Crippen LogP contribution is 2.36. The second-order valence-electron chi connectivity index (χ2n) is 4.93. The van der Waals surface area contributed by atoms with E-state index in [1.54, 1.807) is 0 Å². The number of carbonyl (C=O) groups excluding carboxylic acids is 1. The predicted octanol–water partition coefficient (Wildman–Crippen LogP) is 1.24. The van der Waals surface area contributed by atoms with Gasteiger partial charge in [-0.25, -0.2) is 4.79 Å². The molecule has 0 unspecified atom stereocenters. The van der Waals surface area contributed by atoms with Gasteiger partial charge in [0, 0.05) is 12.1 Å². The Morgan fingerprint density at radius 1 is 1.32 bits per heavy atom. The molecule has 2 heterocycles. The van der Waals surface area contributed by atoms with Crippen LogP contribution in [-0.4, -0.2) is 41.1 Å². The van der Waals surface area contributed by atoms with Crippen LogP contribution in [0.3, 0.4) is 0 Å². The Bertz CT molecular complexity index is 528. The van der Waals surface area contributed by atoms with Gasteiger partial charge in [-0.3, -0.25) is 4.79 Å². The number of amides is 1. The third-order valence-electron chi connectivity index (χ3n) is 3.82. The zero-order chi connectivity index (χ0) is 13.4. The molecule has 0 spiro atoms. The van der Waals surface area contributed by atoms with Crippen LogP contribution in [0.5, 0.6) is 5.75 Å². The van der Waals surface area contributed by atoms with Crippen molar-refractivity contribution in [3.8, 4) is 5.75 Å². The summed E-state index contributed by atoms with van der Waals surface area (Å²) in [4.78, 5) is 25.1. The number of carboxylic acid groups (broad SMARTS) is 1. The Labute approximate surface area is 110 Å².